The molecule has 0 saturated carbocycles. The number of nitrogen functional groups attached to an aromatic ring is 1. The van der Waals surface area contributed by atoms with Crippen molar-refractivity contribution in [1.29, 1.82) is 0 Å². The van der Waals surface area contributed by atoms with Gasteiger partial charge < -0.3 is 10.8 Å². The van der Waals surface area contributed by atoms with E-state index in [9.17, 15) is 27.5 Å². The first-order valence-corrected chi connectivity index (χ1v) is 10.6. The van der Waals surface area contributed by atoms with Crippen LogP contribution in [0.3, 0.4) is 0 Å². The van der Waals surface area contributed by atoms with Crippen molar-refractivity contribution in [2.45, 2.75) is 25.1 Å². The van der Waals surface area contributed by atoms with Crippen LogP contribution in [0.2, 0.25) is 0 Å². The zero-order valence-electron chi connectivity index (χ0n) is 17.7. The summed E-state index contributed by atoms with van der Waals surface area (Å²) in [6.45, 7) is 0. The third-order valence-corrected chi connectivity index (χ3v) is 6.38. The van der Waals surface area contributed by atoms with Crippen molar-refractivity contribution in [3.05, 3.63) is 94.3 Å². The number of carboxylic acid groups (broad SMARTS) is 1. The van der Waals surface area contributed by atoms with Crippen LogP contribution in [0.4, 0.5) is 28.9 Å². The molecule has 3 aromatic carbocycles. The molecule has 3 N–H and O–H groups in total. The molecule has 2 unspecified atom stereocenters. The summed E-state index contributed by atoms with van der Waals surface area (Å²) < 4.78 is 54.3. The van der Waals surface area contributed by atoms with Gasteiger partial charge in [0.1, 0.15) is 5.82 Å². The minimum Gasteiger partial charge on any atom is -0.478 e. The van der Waals surface area contributed by atoms with Gasteiger partial charge in [-0.05, 0) is 66.4 Å². The van der Waals surface area contributed by atoms with E-state index in [1.165, 1.54) is 35.3 Å². The van der Waals surface area contributed by atoms with Crippen LogP contribution < -0.4 is 10.7 Å². The number of aryl methyl sites for hydroxylation is 1. The minimum absolute atomic E-state index is 0.163. The molecule has 0 spiro atoms. The van der Waals surface area contributed by atoms with Gasteiger partial charge in [0.2, 0.25) is 0 Å². The molecule has 1 aliphatic carbocycles. The largest absolute Gasteiger partial charge is 0.478 e. The van der Waals surface area contributed by atoms with Crippen molar-refractivity contribution in [3.8, 4) is 0 Å². The fourth-order valence-corrected chi connectivity index (χ4v) is 4.80. The Bertz CT molecular complexity index is 1320. The Kier molecular flexibility index (Phi) is 5.07. The Labute approximate surface area is 192 Å². The number of aromatic carboxylic acids is 1. The van der Waals surface area contributed by atoms with Crippen LogP contribution in [0.1, 0.15) is 45.1 Å². The van der Waals surface area contributed by atoms with Gasteiger partial charge in [0, 0.05) is 17.2 Å². The summed E-state index contributed by atoms with van der Waals surface area (Å²) >= 11 is 0. The van der Waals surface area contributed by atoms with Gasteiger partial charge in [-0.1, -0.05) is 18.2 Å². The molecule has 2 atom stereocenters. The van der Waals surface area contributed by atoms with Crippen molar-refractivity contribution >= 4 is 23.1 Å². The lowest BCUT2D eigenvalue weighted by molar-refractivity contribution is -0.136. The smallest absolute Gasteiger partial charge is 0.418 e. The van der Waals surface area contributed by atoms with Crippen LogP contribution in [-0.4, -0.2) is 16.8 Å². The number of hydrazone groups is 1. The number of fused-ring (bicyclic) bond motifs is 3. The second kappa shape index (κ2) is 7.86. The molecule has 174 valence electrons. The molecule has 9 heteroatoms. The third-order valence-electron chi connectivity index (χ3n) is 6.38. The summed E-state index contributed by atoms with van der Waals surface area (Å²) in [7, 11) is 0. The van der Waals surface area contributed by atoms with E-state index in [-0.39, 0.29) is 22.9 Å². The van der Waals surface area contributed by atoms with E-state index in [1.54, 1.807) is 24.3 Å². The van der Waals surface area contributed by atoms with Crippen LogP contribution in [0, 0.1) is 11.7 Å². The number of benzene rings is 3. The molecular formula is C25H19F4N3O2. The normalized spacial score (nSPS) is 19.4. The molecule has 34 heavy (non-hydrogen) atoms. The van der Waals surface area contributed by atoms with Crippen molar-refractivity contribution in [3.63, 3.8) is 0 Å². The number of anilines is 2. The van der Waals surface area contributed by atoms with E-state index in [0.717, 1.165) is 17.2 Å². The molecule has 1 heterocycles. The SMILES string of the molecule is Nc1ccc(N2N=C3c4ccc(C(=O)O)cc4CCC3C2c2ccc(F)cc2)cc1C(F)(F)F. The summed E-state index contributed by atoms with van der Waals surface area (Å²) in [5.74, 6) is -1.64. The van der Waals surface area contributed by atoms with Crippen LogP contribution in [0.15, 0.2) is 65.8 Å². The highest BCUT2D eigenvalue weighted by Crippen LogP contribution is 2.47. The van der Waals surface area contributed by atoms with E-state index in [1.807, 2.05) is 0 Å². The first-order chi connectivity index (χ1) is 16.1. The number of nitrogens with two attached hydrogens (primary N) is 1. The molecule has 3 aromatic rings. The van der Waals surface area contributed by atoms with Crippen molar-refractivity contribution in [2.75, 3.05) is 10.7 Å². The highest BCUT2D eigenvalue weighted by molar-refractivity contribution is 6.07. The maximum Gasteiger partial charge on any atom is 0.418 e. The number of nitrogens with zero attached hydrogens (tertiary/aromatic N) is 2. The van der Waals surface area contributed by atoms with E-state index in [4.69, 9.17) is 10.8 Å². The Morgan fingerprint density at radius 1 is 1.06 bits per heavy atom. The molecule has 0 saturated heterocycles. The zero-order chi connectivity index (χ0) is 24.2. The number of alkyl halides is 3. The van der Waals surface area contributed by atoms with E-state index < -0.39 is 29.6 Å². The molecule has 0 bridgehead atoms. The average Bonchev–Trinajstić information content (AvgIpc) is 3.18. The van der Waals surface area contributed by atoms with Crippen molar-refractivity contribution in [2.24, 2.45) is 11.0 Å². The minimum atomic E-state index is -4.63. The van der Waals surface area contributed by atoms with Gasteiger partial charge >= 0.3 is 12.1 Å². The molecule has 0 aromatic heterocycles. The van der Waals surface area contributed by atoms with Crippen LogP contribution in [0.5, 0.6) is 0 Å². The maximum absolute atomic E-state index is 13.6. The number of halogens is 4. The first-order valence-electron chi connectivity index (χ1n) is 10.6. The van der Waals surface area contributed by atoms with Crippen LogP contribution >= 0.6 is 0 Å². The van der Waals surface area contributed by atoms with Gasteiger partial charge in [0.15, 0.2) is 0 Å². The predicted octanol–water partition coefficient (Wildman–Crippen LogP) is 5.65. The lowest BCUT2D eigenvalue weighted by atomic mass is 9.77. The summed E-state index contributed by atoms with van der Waals surface area (Å²) in [4.78, 5) is 11.4. The fraction of sp³-hybridized carbons (Fsp3) is 0.200. The topological polar surface area (TPSA) is 78.9 Å². The molecule has 0 fully saturated rings. The van der Waals surface area contributed by atoms with Gasteiger partial charge in [-0.25, -0.2) is 9.18 Å². The van der Waals surface area contributed by atoms with Gasteiger partial charge in [0.05, 0.1) is 28.6 Å². The lowest BCUT2D eigenvalue weighted by Gasteiger charge is -2.31. The summed E-state index contributed by atoms with van der Waals surface area (Å²) in [6, 6.07) is 13.8. The molecule has 2 aliphatic rings. The monoisotopic (exact) mass is 469 g/mol. The average molecular weight is 469 g/mol. The Hall–Kier alpha value is -3.88. The number of hydrogen-bond donors (Lipinski definition) is 2. The van der Waals surface area contributed by atoms with Gasteiger partial charge in [0.25, 0.3) is 0 Å². The Morgan fingerprint density at radius 3 is 2.47 bits per heavy atom. The number of carbonyl (C=O) groups is 1. The lowest BCUT2D eigenvalue weighted by Crippen LogP contribution is -2.29. The van der Waals surface area contributed by atoms with Gasteiger partial charge in [-0.15, -0.1) is 0 Å². The zero-order valence-corrected chi connectivity index (χ0v) is 17.7. The van der Waals surface area contributed by atoms with E-state index >= 15 is 0 Å². The van der Waals surface area contributed by atoms with Crippen molar-refractivity contribution in [1.82, 2.24) is 0 Å². The standard InChI is InChI=1S/C25H19F4N3O2/c26-16-5-1-13(2-6-16)23-19-9-3-14-11-15(24(33)34)4-8-18(14)22(19)31-32(23)17-7-10-21(30)20(12-17)25(27,28)29/h1-2,4-8,10-12,19,23H,3,9,30H2,(H,33,34). The summed E-state index contributed by atoms with van der Waals surface area (Å²) in [5.41, 5.74) is 7.59. The highest BCUT2D eigenvalue weighted by atomic mass is 19.4. The predicted molar refractivity (Wildman–Crippen MR) is 119 cm³/mol. The van der Waals surface area contributed by atoms with Crippen LogP contribution in [-0.2, 0) is 12.6 Å². The number of hydrogen-bond acceptors (Lipinski definition) is 4. The number of rotatable bonds is 3. The van der Waals surface area contributed by atoms with Gasteiger partial charge in [-0.2, -0.15) is 18.3 Å². The molecule has 5 nitrogen and oxygen atoms in total. The van der Waals surface area contributed by atoms with Crippen molar-refractivity contribution < 1.29 is 27.5 Å². The first kappa shape index (κ1) is 21.9. The second-order valence-corrected chi connectivity index (χ2v) is 8.42. The number of carboxylic acids is 1. The second-order valence-electron chi connectivity index (χ2n) is 8.42. The molecule has 1 aliphatic heterocycles. The summed E-state index contributed by atoms with van der Waals surface area (Å²) in [5, 5.41) is 15.6. The molecular weight excluding hydrogens is 450 g/mol. The van der Waals surface area contributed by atoms with Crippen LogP contribution in [0.25, 0.3) is 0 Å². The highest BCUT2D eigenvalue weighted by Gasteiger charge is 2.43. The summed E-state index contributed by atoms with van der Waals surface area (Å²) in [6.07, 6.45) is -3.44. The van der Waals surface area contributed by atoms with E-state index in [2.05, 4.69) is 0 Å². The third kappa shape index (κ3) is 3.67. The molecule has 0 amide bonds. The maximum atomic E-state index is 13.6. The van der Waals surface area contributed by atoms with Gasteiger partial charge in [-0.3, -0.25) is 5.01 Å². The molecule has 5 rings (SSSR count). The quantitative estimate of drug-likeness (QED) is 0.384. The Morgan fingerprint density at radius 2 is 1.79 bits per heavy atom. The molecule has 0 radical (unpaired) electrons. The Balaban J connectivity index is 1.65. The fourth-order valence-electron chi connectivity index (χ4n) is 4.80. The van der Waals surface area contributed by atoms with E-state index in [0.29, 0.717) is 24.1 Å².